The van der Waals surface area contributed by atoms with Gasteiger partial charge < -0.3 is 10.1 Å². The molecule has 1 aromatic heterocycles. The van der Waals surface area contributed by atoms with Crippen LogP contribution >= 0.6 is 0 Å². The number of rotatable bonds is 6. The topological polar surface area (TPSA) is 39.1 Å². The molecular weight excluding hydrogens is 262 g/mol. The maximum Gasteiger partial charge on any atom is 0.119 e. The lowest BCUT2D eigenvalue weighted by atomic mass is 10.1. The van der Waals surface area contributed by atoms with E-state index in [9.17, 15) is 0 Å². The van der Waals surface area contributed by atoms with Crippen LogP contribution in [0, 0.1) is 0 Å². The smallest absolute Gasteiger partial charge is 0.119 e. The van der Waals surface area contributed by atoms with Gasteiger partial charge >= 0.3 is 0 Å². The minimum atomic E-state index is 0.436. The molecule has 0 amide bonds. The predicted molar refractivity (Wildman–Crippen MR) is 84.1 cm³/mol. The molecule has 1 heterocycles. The molecule has 1 saturated carbocycles. The van der Waals surface area contributed by atoms with Gasteiger partial charge in [-0.05, 0) is 43.0 Å². The van der Waals surface area contributed by atoms with Crippen LogP contribution in [-0.2, 0) is 6.54 Å². The summed E-state index contributed by atoms with van der Waals surface area (Å²) >= 11 is 0. The van der Waals surface area contributed by atoms with E-state index in [0.29, 0.717) is 12.0 Å². The minimum Gasteiger partial charge on any atom is -0.497 e. The van der Waals surface area contributed by atoms with Crippen molar-refractivity contribution in [1.29, 1.82) is 0 Å². The first-order chi connectivity index (χ1) is 10.2. The van der Waals surface area contributed by atoms with Crippen molar-refractivity contribution in [1.82, 2.24) is 15.1 Å². The summed E-state index contributed by atoms with van der Waals surface area (Å²) in [5.74, 6) is 1.30. The summed E-state index contributed by atoms with van der Waals surface area (Å²) in [7, 11) is 1.68. The molecular formula is C17H23N3O. The van der Waals surface area contributed by atoms with E-state index in [0.717, 1.165) is 18.0 Å². The van der Waals surface area contributed by atoms with Crippen LogP contribution in [0.5, 0.6) is 5.75 Å². The summed E-state index contributed by atoms with van der Waals surface area (Å²) < 4.78 is 7.27. The van der Waals surface area contributed by atoms with Gasteiger partial charge in [-0.3, -0.25) is 0 Å². The molecule has 0 saturated heterocycles. The van der Waals surface area contributed by atoms with Crippen LogP contribution in [0.3, 0.4) is 0 Å². The van der Waals surface area contributed by atoms with Gasteiger partial charge in [0.05, 0.1) is 24.7 Å². The Labute approximate surface area is 126 Å². The summed E-state index contributed by atoms with van der Waals surface area (Å²) in [5, 5.41) is 8.18. The lowest BCUT2D eigenvalue weighted by molar-refractivity contribution is 0.414. The van der Waals surface area contributed by atoms with Gasteiger partial charge in [0.1, 0.15) is 5.75 Å². The molecule has 4 heteroatoms. The number of nitrogens with zero attached hydrogens (tertiary/aromatic N) is 2. The van der Waals surface area contributed by atoms with E-state index < -0.39 is 0 Å². The van der Waals surface area contributed by atoms with E-state index in [1.807, 2.05) is 23.0 Å². The van der Waals surface area contributed by atoms with Gasteiger partial charge in [0.15, 0.2) is 0 Å². The van der Waals surface area contributed by atoms with E-state index in [4.69, 9.17) is 4.74 Å². The Kier molecular flexibility index (Phi) is 3.97. The third-order valence-corrected chi connectivity index (χ3v) is 3.91. The summed E-state index contributed by atoms with van der Waals surface area (Å²) in [6, 6.07) is 8.77. The Hall–Kier alpha value is -1.81. The van der Waals surface area contributed by atoms with Crippen LogP contribution in [-0.4, -0.2) is 22.9 Å². The standard InChI is InChI=1S/C17H23N3O/c1-12(2)17-13(10-18-14-4-5-14)11-19-20(17)15-6-8-16(21-3)9-7-15/h6-9,11-12,14,18H,4-5,10H2,1-3H3. The molecule has 21 heavy (non-hydrogen) atoms. The second kappa shape index (κ2) is 5.90. The predicted octanol–water partition coefficient (Wildman–Crippen LogP) is 3.26. The molecule has 3 rings (SSSR count). The fourth-order valence-corrected chi connectivity index (χ4v) is 2.61. The molecule has 2 aromatic rings. The molecule has 1 N–H and O–H groups in total. The molecule has 1 fully saturated rings. The highest BCUT2D eigenvalue weighted by Crippen LogP contribution is 2.25. The second-order valence-electron chi connectivity index (χ2n) is 5.97. The monoisotopic (exact) mass is 285 g/mol. The van der Waals surface area contributed by atoms with Crippen molar-refractivity contribution >= 4 is 0 Å². The maximum absolute atomic E-state index is 5.22. The van der Waals surface area contributed by atoms with Crippen molar-refractivity contribution in [3.05, 3.63) is 41.7 Å². The molecule has 1 aliphatic carbocycles. The Morgan fingerprint density at radius 2 is 2.00 bits per heavy atom. The third-order valence-electron chi connectivity index (χ3n) is 3.91. The summed E-state index contributed by atoms with van der Waals surface area (Å²) in [4.78, 5) is 0. The molecule has 0 aliphatic heterocycles. The molecule has 0 spiro atoms. The molecule has 112 valence electrons. The summed E-state index contributed by atoms with van der Waals surface area (Å²) in [5.41, 5.74) is 3.67. The molecule has 4 nitrogen and oxygen atoms in total. The van der Waals surface area contributed by atoms with Gasteiger partial charge in [0.2, 0.25) is 0 Å². The number of aromatic nitrogens is 2. The fourth-order valence-electron chi connectivity index (χ4n) is 2.61. The quantitative estimate of drug-likeness (QED) is 0.885. The summed E-state index contributed by atoms with van der Waals surface area (Å²) in [6.07, 6.45) is 4.61. The van der Waals surface area contributed by atoms with E-state index in [-0.39, 0.29) is 0 Å². The van der Waals surface area contributed by atoms with Crippen LogP contribution in [0.15, 0.2) is 30.5 Å². The van der Waals surface area contributed by atoms with Gasteiger partial charge in [-0.1, -0.05) is 13.8 Å². The van der Waals surface area contributed by atoms with Crippen LogP contribution in [0.25, 0.3) is 5.69 Å². The first-order valence-corrected chi connectivity index (χ1v) is 7.63. The van der Waals surface area contributed by atoms with E-state index >= 15 is 0 Å². The zero-order valence-corrected chi connectivity index (χ0v) is 13.0. The molecule has 1 aromatic carbocycles. The number of methoxy groups -OCH3 is 1. The maximum atomic E-state index is 5.22. The van der Waals surface area contributed by atoms with E-state index in [1.165, 1.54) is 24.1 Å². The molecule has 1 aliphatic rings. The highest BCUT2D eigenvalue weighted by atomic mass is 16.5. The van der Waals surface area contributed by atoms with Crippen LogP contribution in [0.4, 0.5) is 0 Å². The van der Waals surface area contributed by atoms with E-state index in [2.05, 4.69) is 36.4 Å². The van der Waals surface area contributed by atoms with Crippen molar-refractivity contribution in [2.75, 3.05) is 7.11 Å². The average Bonchev–Trinajstić information content (AvgIpc) is 3.23. The Morgan fingerprint density at radius 3 is 2.57 bits per heavy atom. The van der Waals surface area contributed by atoms with Gasteiger partial charge in [-0.25, -0.2) is 4.68 Å². The van der Waals surface area contributed by atoms with Gasteiger partial charge in [-0.2, -0.15) is 5.10 Å². The lowest BCUT2D eigenvalue weighted by Gasteiger charge is -2.13. The highest BCUT2D eigenvalue weighted by molar-refractivity contribution is 5.40. The first kappa shape index (κ1) is 14.1. The SMILES string of the molecule is COc1ccc(-n2ncc(CNC3CC3)c2C(C)C)cc1. The van der Waals surface area contributed by atoms with Crippen LogP contribution in [0.1, 0.15) is 43.9 Å². The van der Waals surface area contributed by atoms with Gasteiger partial charge in [-0.15, -0.1) is 0 Å². The third kappa shape index (κ3) is 3.10. The zero-order chi connectivity index (χ0) is 14.8. The number of ether oxygens (including phenoxy) is 1. The van der Waals surface area contributed by atoms with Crippen molar-refractivity contribution in [2.45, 2.75) is 45.2 Å². The van der Waals surface area contributed by atoms with Crippen molar-refractivity contribution in [2.24, 2.45) is 0 Å². The van der Waals surface area contributed by atoms with Crippen LogP contribution < -0.4 is 10.1 Å². The molecule has 0 atom stereocenters. The van der Waals surface area contributed by atoms with Crippen molar-refractivity contribution in [3.8, 4) is 11.4 Å². The second-order valence-corrected chi connectivity index (χ2v) is 5.97. The largest absolute Gasteiger partial charge is 0.497 e. The first-order valence-electron chi connectivity index (χ1n) is 7.63. The van der Waals surface area contributed by atoms with Gasteiger partial charge in [0, 0.05) is 18.2 Å². The zero-order valence-electron chi connectivity index (χ0n) is 13.0. The Balaban J connectivity index is 1.88. The average molecular weight is 285 g/mol. The highest BCUT2D eigenvalue weighted by Gasteiger charge is 2.22. The number of hydrogen-bond donors (Lipinski definition) is 1. The lowest BCUT2D eigenvalue weighted by Crippen LogP contribution is -2.17. The fraction of sp³-hybridized carbons (Fsp3) is 0.471. The van der Waals surface area contributed by atoms with E-state index in [1.54, 1.807) is 7.11 Å². The van der Waals surface area contributed by atoms with Crippen molar-refractivity contribution in [3.63, 3.8) is 0 Å². The Bertz CT molecular complexity index is 597. The minimum absolute atomic E-state index is 0.436. The number of hydrogen-bond acceptors (Lipinski definition) is 3. The number of benzene rings is 1. The molecule has 0 bridgehead atoms. The normalized spacial score (nSPS) is 14.7. The number of nitrogens with one attached hydrogen (secondary N) is 1. The Morgan fingerprint density at radius 1 is 1.29 bits per heavy atom. The van der Waals surface area contributed by atoms with Gasteiger partial charge in [0.25, 0.3) is 0 Å². The van der Waals surface area contributed by atoms with Crippen molar-refractivity contribution < 1.29 is 4.74 Å². The molecule has 0 radical (unpaired) electrons. The molecule has 0 unspecified atom stereocenters. The summed E-state index contributed by atoms with van der Waals surface area (Å²) in [6.45, 7) is 5.35. The van der Waals surface area contributed by atoms with Crippen LogP contribution in [0.2, 0.25) is 0 Å².